The van der Waals surface area contributed by atoms with Crippen molar-refractivity contribution in [3.63, 3.8) is 0 Å². The van der Waals surface area contributed by atoms with Crippen LogP contribution in [0.1, 0.15) is 16.3 Å². The summed E-state index contributed by atoms with van der Waals surface area (Å²) in [6.45, 7) is 3.19. The number of benzene rings is 1. The number of thiazole rings is 1. The number of nitro groups is 1. The molecule has 0 bridgehead atoms. The van der Waals surface area contributed by atoms with Gasteiger partial charge in [0.05, 0.1) is 15.6 Å². The van der Waals surface area contributed by atoms with Crippen LogP contribution >= 0.6 is 22.9 Å². The molecule has 0 aliphatic rings. The average Bonchev–Trinajstić information content (AvgIpc) is 2.77. The van der Waals surface area contributed by atoms with Crippen LogP contribution in [0.5, 0.6) is 0 Å². The lowest BCUT2D eigenvalue weighted by molar-refractivity contribution is -0.384. The molecule has 0 radical (unpaired) electrons. The van der Waals surface area contributed by atoms with E-state index in [9.17, 15) is 10.1 Å². The van der Waals surface area contributed by atoms with E-state index >= 15 is 0 Å². The van der Waals surface area contributed by atoms with E-state index < -0.39 is 4.92 Å². The molecule has 20 heavy (non-hydrogen) atoms. The zero-order valence-corrected chi connectivity index (χ0v) is 12.7. The molecule has 0 aliphatic carbocycles. The number of aryl methyl sites for hydroxylation is 1. The molecule has 0 N–H and O–H groups in total. The van der Waals surface area contributed by atoms with Crippen LogP contribution in [0.25, 0.3) is 0 Å². The first-order valence-electron chi connectivity index (χ1n) is 5.98. The molecule has 0 saturated carbocycles. The summed E-state index contributed by atoms with van der Waals surface area (Å²) in [5, 5.41) is 14.4. The maximum Gasteiger partial charge on any atom is 0.269 e. The van der Waals surface area contributed by atoms with Gasteiger partial charge in [-0.1, -0.05) is 11.6 Å². The highest BCUT2D eigenvalue weighted by Gasteiger charge is 2.12. The Morgan fingerprint density at radius 3 is 2.80 bits per heavy atom. The minimum Gasteiger partial charge on any atom is -0.296 e. The van der Waals surface area contributed by atoms with Gasteiger partial charge in [-0.3, -0.25) is 15.0 Å². The minimum atomic E-state index is -0.413. The van der Waals surface area contributed by atoms with Gasteiger partial charge in [0.25, 0.3) is 5.69 Å². The third-order valence-corrected chi connectivity index (χ3v) is 3.97. The van der Waals surface area contributed by atoms with Gasteiger partial charge < -0.3 is 0 Å². The SMILES string of the molecule is Cc1nc(CN(C)Cc2cc([N+](=O)[O-])ccc2Cl)cs1. The lowest BCUT2D eigenvalue weighted by Gasteiger charge is -2.16. The highest BCUT2D eigenvalue weighted by molar-refractivity contribution is 7.09. The molecule has 0 unspecified atom stereocenters. The molecule has 0 aliphatic heterocycles. The predicted molar refractivity (Wildman–Crippen MR) is 80.1 cm³/mol. The summed E-state index contributed by atoms with van der Waals surface area (Å²) in [7, 11) is 1.93. The molecular weight excluding hydrogens is 298 g/mol. The lowest BCUT2D eigenvalue weighted by Crippen LogP contribution is -2.17. The highest BCUT2D eigenvalue weighted by Crippen LogP contribution is 2.23. The zero-order valence-electron chi connectivity index (χ0n) is 11.2. The Bertz CT molecular complexity index is 630. The molecule has 1 aromatic heterocycles. The molecule has 106 valence electrons. The van der Waals surface area contributed by atoms with Crippen molar-refractivity contribution in [3.8, 4) is 0 Å². The maximum atomic E-state index is 10.8. The van der Waals surface area contributed by atoms with Crippen molar-refractivity contribution in [1.29, 1.82) is 0 Å². The molecule has 0 atom stereocenters. The Hall–Kier alpha value is -1.50. The largest absolute Gasteiger partial charge is 0.296 e. The molecular formula is C13H14ClN3O2S. The minimum absolute atomic E-state index is 0.0577. The standard InChI is InChI=1S/C13H14ClN3O2S/c1-9-15-11(8-20-9)7-16(2)6-10-5-12(17(18)19)3-4-13(10)14/h3-5,8H,6-7H2,1-2H3. The van der Waals surface area contributed by atoms with Crippen LogP contribution in [0.3, 0.4) is 0 Å². The van der Waals surface area contributed by atoms with Gasteiger partial charge in [-0.15, -0.1) is 11.3 Å². The molecule has 7 heteroatoms. The Kier molecular flexibility index (Phi) is 4.69. The van der Waals surface area contributed by atoms with Gasteiger partial charge in [-0.2, -0.15) is 0 Å². The third kappa shape index (κ3) is 3.75. The van der Waals surface area contributed by atoms with Gasteiger partial charge in [0.1, 0.15) is 0 Å². The second-order valence-electron chi connectivity index (χ2n) is 4.56. The number of rotatable bonds is 5. The Morgan fingerprint density at radius 1 is 1.45 bits per heavy atom. The smallest absolute Gasteiger partial charge is 0.269 e. The van der Waals surface area contributed by atoms with Gasteiger partial charge in [0.2, 0.25) is 0 Å². The van der Waals surface area contributed by atoms with E-state index in [2.05, 4.69) is 4.98 Å². The number of hydrogen-bond donors (Lipinski definition) is 0. The first-order chi connectivity index (χ1) is 9.45. The second kappa shape index (κ2) is 6.30. The summed E-state index contributed by atoms with van der Waals surface area (Å²) >= 11 is 7.70. The summed E-state index contributed by atoms with van der Waals surface area (Å²) in [5.41, 5.74) is 1.80. The first kappa shape index (κ1) is 14.9. The van der Waals surface area contributed by atoms with Gasteiger partial charge in [0, 0.05) is 35.6 Å². The van der Waals surface area contributed by atoms with Crippen molar-refractivity contribution in [3.05, 3.63) is 55.0 Å². The fourth-order valence-electron chi connectivity index (χ4n) is 1.90. The molecule has 1 aromatic carbocycles. The summed E-state index contributed by atoms with van der Waals surface area (Å²) in [5.74, 6) is 0. The zero-order chi connectivity index (χ0) is 14.7. The van der Waals surface area contributed by atoms with Gasteiger partial charge in [-0.05, 0) is 25.6 Å². The molecule has 0 amide bonds. The predicted octanol–water partition coefficient (Wildman–Crippen LogP) is 3.65. The molecule has 0 saturated heterocycles. The number of aromatic nitrogens is 1. The molecule has 1 heterocycles. The van der Waals surface area contributed by atoms with Crippen molar-refractivity contribution in [1.82, 2.24) is 9.88 Å². The van der Waals surface area contributed by atoms with Crippen LogP contribution in [-0.4, -0.2) is 21.9 Å². The fraction of sp³-hybridized carbons (Fsp3) is 0.308. The van der Waals surface area contributed by atoms with Crippen LogP contribution in [-0.2, 0) is 13.1 Å². The van der Waals surface area contributed by atoms with E-state index in [1.807, 2.05) is 24.3 Å². The van der Waals surface area contributed by atoms with Gasteiger partial charge in [-0.25, -0.2) is 4.98 Å². The molecule has 2 aromatic rings. The third-order valence-electron chi connectivity index (χ3n) is 2.78. The van der Waals surface area contributed by atoms with E-state index in [4.69, 9.17) is 11.6 Å². The van der Waals surface area contributed by atoms with Crippen LogP contribution in [0.4, 0.5) is 5.69 Å². The van der Waals surface area contributed by atoms with E-state index in [0.717, 1.165) is 16.3 Å². The van der Waals surface area contributed by atoms with Gasteiger partial charge in [0.15, 0.2) is 0 Å². The Morgan fingerprint density at radius 2 is 2.20 bits per heavy atom. The van der Waals surface area contributed by atoms with Crippen molar-refractivity contribution < 1.29 is 4.92 Å². The number of hydrogen-bond acceptors (Lipinski definition) is 5. The van der Waals surface area contributed by atoms with Crippen molar-refractivity contribution in [2.45, 2.75) is 20.0 Å². The van der Waals surface area contributed by atoms with E-state index in [1.165, 1.54) is 12.1 Å². The van der Waals surface area contributed by atoms with E-state index in [1.54, 1.807) is 17.4 Å². The summed E-state index contributed by atoms with van der Waals surface area (Å²) in [6.07, 6.45) is 0. The quantitative estimate of drug-likeness (QED) is 0.624. The van der Waals surface area contributed by atoms with E-state index in [0.29, 0.717) is 18.1 Å². The van der Waals surface area contributed by atoms with Crippen LogP contribution < -0.4 is 0 Å². The van der Waals surface area contributed by atoms with Crippen molar-refractivity contribution in [2.75, 3.05) is 7.05 Å². The summed E-state index contributed by atoms with van der Waals surface area (Å²) in [6, 6.07) is 4.50. The lowest BCUT2D eigenvalue weighted by atomic mass is 10.2. The molecule has 5 nitrogen and oxygen atoms in total. The number of halogens is 1. The van der Waals surface area contributed by atoms with Crippen LogP contribution in [0.2, 0.25) is 5.02 Å². The molecule has 2 rings (SSSR count). The van der Waals surface area contributed by atoms with Crippen LogP contribution in [0, 0.1) is 17.0 Å². The summed E-state index contributed by atoms with van der Waals surface area (Å²) < 4.78 is 0. The van der Waals surface area contributed by atoms with Crippen molar-refractivity contribution >= 4 is 28.6 Å². The average molecular weight is 312 g/mol. The van der Waals surface area contributed by atoms with Crippen LogP contribution in [0.15, 0.2) is 23.6 Å². The topological polar surface area (TPSA) is 59.3 Å². The molecule has 0 fully saturated rings. The first-order valence-corrected chi connectivity index (χ1v) is 7.24. The van der Waals surface area contributed by atoms with Gasteiger partial charge >= 0.3 is 0 Å². The monoisotopic (exact) mass is 311 g/mol. The fourth-order valence-corrected chi connectivity index (χ4v) is 2.68. The Balaban J connectivity index is 2.08. The van der Waals surface area contributed by atoms with E-state index in [-0.39, 0.29) is 5.69 Å². The summed E-state index contributed by atoms with van der Waals surface area (Å²) in [4.78, 5) is 16.8. The molecule has 0 spiro atoms. The normalized spacial score (nSPS) is 11.0. The number of nitro benzene ring substituents is 1. The Labute approximate surface area is 126 Å². The highest BCUT2D eigenvalue weighted by atomic mass is 35.5. The second-order valence-corrected chi connectivity index (χ2v) is 6.03. The number of nitrogens with zero attached hydrogens (tertiary/aromatic N) is 3. The number of non-ortho nitro benzene ring substituents is 1. The maximum absolute atomic E-state index is 10.8. The van der Waals surface area contributed by atoms with Crippen molar-refractivity contribution in [2.24, 2.45) is 0 Å².